The van der Waals surface area contributed by atoms with Crippen molar-refractivity contribution in [3.63, 3.8) is 0 Å². The first-order valence-electron chi connectivity index (χ1n) is 13.2. The second-order valence-electron chi connectivity index (χ2n) is 11.5. The Bertz CT molecular complexity index is 1130. The normalized spacial score (nSPS) is 19.6. The minimum atomic E-state index is -1.07. The van der Waals surface area contributed by atoms with E-state index in [1.807, 2.05) is 19.1 Å². The van der Waals surface area contributed by atoms with Gasteiger partial charge in [-0.1, -0.05) is 51.1 Å². The zero-order chi connectivity index (χ0) is 28.1. The molecule has 3 unspecified atom stereocenters. The van der Waals surface area contributed by atoms with Crippen LogP contribution in [0.2, 0.25) is 0 Å². The Kier molecular flexibility index (Phi) is 9.68. The number of hydrogen-bond acceptors (Lipinski definition) is 5. The van der Waals surface area contributed by atoms with Crippen molar-refractivity contribution in [2.24, 2.45) is 5.92 Å². The van der Waals surface area contributed by atoms with E-state index >= 15 is 0 Å². The molecule has 1 aliphatic rings. The number of carbonyl (C=O) groups is 1. The standard InChI is InChI=1S/C30H42F2N4O2/c1-29(2,3)21-8-7-9-22(17-21)30(12-10-25(11-13-30)35-36(5)6)34-19-27(37)26(28(38)33-4)16-20-14-23(31)18-24(32)15-20/h7-10,14-15,17-18,26-27,34-35,37H,11-13,16,19H2,1-6H3,(H,33,38). The van der Waals surface area contributed by atoms with E-state index in [-0.39, 0.29) is 24.3 Å². The molecule has 8 heteroatoms. The summed E-state index contributed by atoms with van der Waals surface area (Å²) in [5.74, 6) is -2.68. The smallest absolute Gasteiger partial charge is 0.225 e. The van der Waals surface area contributed by atoms with Crippen LogP contribution < -0.4 is 16.1 Å². The van der Waals surface area contributed by atoms with E-state index in [4.69, 9.17) is 0 Å². The van der Waals surface area contributed by atoms with Gasteiger partial charge in [-0.05, 0) is 59.9 Å². The largest absolute Gasteiger partial charge is 0.391 e. The number of benzene rings is 2. The molecule has 0 saturated heterocycles. The van der Waals surface area contributed by atoms with Crippen LogP contribution in [0.4, 0.5) is 8.78 Å². The molecule has 0 bridgehead atoms. The summed E-state index contributed by atoms with van der Waals surface area (Å²) in [6.45, 7) is 6.68. The Morgan fingerprint density at radius 2 is 1.82 bits per heavy atom. The summed E-state index contributed by atoms with van der Waals surface area (Å²) in [7, 11) is 5.40. The van der Waals surface area contributed by atoms with Crippen LogP contribution in [0, 0.1) is 17.6 Å². The highest BCUT2D eigenvalue weighted by Crippen LogP contribution is 2.38. The number of amides is 1. The van der Waals surface area contributed by atoms with E-state index in [2.05, 4.69) is 67.2 Å². The van der Waals surface area contributed by atoms with E-state index in [1.54, 1.807) is 0 Å². The fourth-order valence-electron chi connectivity index (χ4n) is 5.06. The first-order valence-corrected chi connectivity index (χ1v) is 13.2. The zero-order valence-corrected chi connectivity index (χ0v) is 23.4. The number of aliphatic hydroxyl groups is 1. The summed E-state index contributed by atoms with van der Waals surface area (Å²) in [4.78, 5) is 12.7. The van der Waals surface area contributed by atoms with E-state index in [9.17, 15) is 18.7 Å². The molecule has 0 heterocycles. The number of carbonyl (C=O) groups excluding carboxylic acids is 1. The highest BCUT2D eigenvalue weighted by atomic mass is 19.1. The van der Waals surface area contributed by atoms with Crippen molar-refractivity contribution in [2.45, 2.75) is 63.5 Å². The molecule has 38 heavy (non-hydrogen) atoms. The topological polar surface area (TPSA) is 76.6 Å². The maximum absolute atomic E-state index is 13.8. The Balaban J connectivity index is 1.88. The molecule has 4 N–H and O–H groups in total. The van der Waals surface area contributed by atoms with Crippen molar-refractivity contribution in [3.8, 4) is 0 Å². The molecule has 0 fully saturated rings. The van der Waals surface area contributed by atoms with Crippen LogP contribution in [0.15, 0.2) is 54.2 Å². The number of nitrogens with zero attached hydrogens (tertiary/aromatic N) is 1. The lowest BCUT2D eigenvalue weighted by atomic mass is 9.76. The van der Waals surface area contributed by atoms with E-state index < -0.39 is 29.2 Å². The lowest BCUT2D eigenvalue weighted by Gasteiger charge is -2.40. The van der Waals surface area contributed by atoms with Gasteiger partial charge in [-0.3, -0.25) is 4.79 Å². The second kappa shape index (κ2) is 12.4. The minimum Gasteiger partial charge on any atom is -0.391 e. The molecule has 208 valence electrons. The van der Waals surface area contributed by atoms with Crippen molar-refractivity contribution in [2.75, 3.05) is 27.7 Å². The van der Waals surface area contributed by atoms with Crippen molar-refractivity contribution < 1.29 is 18.7 Å². The number of halogens is 2. The molecule has 3 atom stereocenters. The Labute approximate surface area is 225 Å². The maximum atomic E-state index is 13.8. The highest BCUT2D eigenvalue weighted by molar-refractivity contribution is 5.79. The molecule has 2 aromatic rings. The summed E-state index contributed by atoms with van der Waals surface area (Å²) in [5.41, 5.74) is 6.68. The third kappa shape index (κ3) is 7.62. The Hall–Kier alpha value is -2.81. The summed E-state index contributed by atoms with van der Waals surface area (Å²) < 4.78 is 27.6. The number of nitrogens with one attached hydrogen (secondary N) is 3. The molecule has 6 nitrogen and oxygen atoms in total. The summed E-state index contributed by atoms with van der Waals surface area (Å²) in [6, 6.07) is 11.7. The molecule has 0 aliphatic heterocycles. The third-order valence-corrected chi connectivity index (χ3v) is 7.24. The van der Waals surface area contributed by atoms with Gasteiger partial charge in [-0.25, -0.2) is 13.8 Å². The lowest BCUT2D eigenvalue weighted by molar-refractivity contribution is -0.128. The fraction of sp³-hybridized carbons (Fsp3) is 0.500. The van der Waals surface area contributed by atoms with E-state index in [0.29, 0.717) is 12.0 Å². The minimum absolute atomic E-state index is 0.0144. The molecule has 0 spiro atoms. The zero-order valence-electron chi connectivity index (χ0n) is 23.4. The molecule has 2 aromatic carbocycles. The van der Waals surface area contributed by atoms with Gasteiger partial charge in [0.2, 0.25) is 5.91 Å². The van der Waals surface area contributed by atoms with Gasteiger partial charge >= 0.3 is 0 Å². The van der Waals surface area contributed by atoms with Crippen LogP contribution in [0.5, 0.6) is 0 Å². The van der Waals surface area contributed by atoms with Gasteiger partial charge < -0.3 is 21.2 Å². The molecular weight excluding hydrogens is 486 g/mol. The van der Waals surface area contributed by atoms with Gasteiger partial charge in [0, 0.05) is 45.0 Å². The molecule has 0 saturated carbocycles. The van der Waals surface area contributed by atoms with Crippen LogP contribution in [0.1, 0.15) is 56.7 Å². The van der Waals surface area contributed by atoms with Gasteiger partial charge in [0.25, 0.3) is 0 Å². The lowest BCUT2D eigenvalue weighted by Crippen LogP contribution is -2.50. The van der Waals surface area contributed by atoms with E-state index in [0.717, 1.165) is 30.2 Å². The highest BCUT2D eigenvalue weighted by Gasteiger charge is 2.36. The summed E-state index contributed by atoms with van der Waals surface area (Å²) in [5, 5.41) is 19.3. The molecule has 1 aliphatic carbocycles. The number of aliphatic hydroxyl groups excluding tert-OH is 1. The molecular formula is C30H42F2N4O2. The first-order chi connectivity index (χ1) is 17.8. The van der Waals surface area contributed by atoms with Gasteiger partial charge in [-0.15, -0.1) is 0 Å². The van der Waals surface area contributed by atoms with Crippen LogP contribution in [-0.2, 0) is 22.2 Å². The average molecular weight is 529 g/mol. The van der Waals surface area contributed by atoms with Crippen molar-refractivity contribution in [1.82, 2.24) is 21.1 Å². The average Bonchev–Trinajstić information content (AvgIpc) is 2.85. The predicted molar refractivity (Wildman–Crippen MR) is 147 cm³/mol. The Morgan fingerprint density at radius 3 is 2.37 bits per heavy atom. The van der Waals surface area contributed by atoms with Crippen molar-refractivity contribution in [3.05, 3.63) is 82.6 Å². The Morgan fingerprint density at radius 1 is 1.13 bits per heavy atom. The van der Waals surface area contributed by atoms with Gasteiger partial charge in [0.1, 0.15) is 11.6 Å². The van der Waals surface area contributed by atoms with Crippen LogP contribution in [-0.4, -0.2) is 49.8 Å². The molecule has 0 aromatic heterocycles. The number of rotatable bonds is 10. The summed E-state index contributed by atoms with van der Waals surface area (Å²) >= 11 is 0. The van der Waals surface area contributed by atoms with Crippen LogP contribution in [0.25, 0.3) is 0 Å². The maximum Gasteiger partial charge on any atom is 0.225 e. The fourth-order valence-corrected chi connectivity index (χ4v) is 5.06. The SMILES string of the molecule is CNC(=O)C(Cc1cc(F)cc(F)c1)C(O)CNC1(c2cccc(C(C)(C)C)c2)CC=C(NN(C)C)CC1. The second-order valence-corrected chi connectivity index (χ2v) is 11.5. The van der Waals surface area contributed by atoms with Crippen molar-refractivity contribution in [1.29, 1.82) is 0 Å². The van der Waals surface area contributed by atoms with Gasteiger partial charge in [0.05, 0.1) is 12.0 Å². The van der Waals surface area contributed by atoms with Crippen molar-refractivity contribution >= 4 is 5.91 Å². The third-order valence-electron chi connectivity index (χ3n) is 7.24. The van der Waals surface area contributed by atoms with Crippen LogP contribution in [0.3, 0.4) is 0 Å². The van der Waals surface area contributed by atoms with Gasteiger partial charge in [0.15, 0.2) is 0 Å². The number of hydrazine groups is 1. The molecule has 0 radical (unpaired) electrons. The van der Waals surface area contributed by atoms with Gasteiger partial charge in [-0.2, -0.15) is 0 Å². The molecule has 3 rings (SSSR count). The van der Waals surface area contributed by atoms with E-state index in [1.165, 1.54) is 24.7 Å². The summed E-state index contributed by atoms with van der Waals surface area (Å²) in [6.07, 6.45) is 3.42. The number of hydrogen-bond donors (Lipinski definition) is 4. The molecule has 1 amide bonds. The first kappa shape index (κ1) is 29.7. The van der Waals surface area contributed by atoms with Crippen LogP contribution >= 0.6 is 0 Å². The quantitative estimate of drug-likeness (QED) is 0.349. The monoisotopic (exact) mass is 528 g/mol. The number of allylic oxidation sites excluding steroid dienone is 1. The predicted octanol–water partition coefficient (Wildman–Crippen LogP) is 4.15.